The SMILES string of the molecule is CC(C)(C)OC(=O)N1CCC[C@@H](NC(=O)CCCCl)C1. The van der Waals surface area contributed by atoms with E-state index in [9.17, 15) is 9.59 Å². The first-order chi connectivity index (χ1) is 9.31. The Balaban J connectivity index is 2.42. The monoisotopic (exact) mass is 304 g/mol. The maximum atomic E-state index is 12.0. The van der Waals surface area contributed by atoms with Crippen molar-refractivity contribution < 1.29 is 14.3 Å². The van der Waals surface area contributed by atoms with Crippen LogP contribution in [0.25, 0.3) is 0 Å². The highest BCUT2D eigenvalue weighted by molar-refractivity contribution is 6.17. The van der Waals surface area contributed by atoms with Crippen LogP contribution < -0.4 is 5.32 Å². The number of likely N-dealkylation sites (tertiary alicyclic amines) is 1. The molecule has 2 amide bonds. The lowest BCUT2D eigenvalue weighted by Gasteiger charge is -2.34. The number of nitrogens with one attached hydrogen (secondary N) is 1. The minimum Gasteiger partial charge on any atom is -0.444 e. The molecule has 0 radical (unpaired) electrons. The molecule has 0 aromatic heterocycles. The summed E-state index contributed by atoms with van der Waals surface area (Å²) in [5.41, 5.74) is -0.492. The van der Waals surface area contributed by atoms with E-state index in [1.54, 1.807) is 4.90 Å². The molecule has 1 saturated heterocycles. The van der Waals surface area contributed by atoms with E-state index in [0.717, 1.165) is 12.8 Å². The number of alkyl halides is 1. The summed E-state index contributed by atoms with van der Waals surface area (Å²) in [4.78, 5) is 25.3. The van der Waals surface area contributed by atoms with Crippen molar-refractivity contribution >= 4 is 23.6 Å². The van der Waals surface area contributed by atoms with Gasteiger partial charge in [0.1, 0.15) is 5.60 Å². The molecule has 1 aliphatic rings. The Morgan fingerprint density at radius 1 is 1.40 bits per heavy atom. The van der Waals surface area contributed by atoms with Gasteiger partial charge in [0.25, 0.3) is 0 Å². The number of carbonyl (C=O) groups excluding carboxylic acids is 2. The quantitative estimate of drug-likeness (QED) is 0.812. The number of rotatable bonds is 4. The van der Waals surface area contributed by atoms with Crippen molar-refractivity contribution in [2.45, 2.75) is 58.1 Å². The number of halogens is 1. The third-order valence-electron chi connectivity index (χ3n) is 2.98. The highest BCUT2D eigenvalue weighted by Gasteiger charge is 2.28. The van der Waals surface area contributed by atoms with Crippen LogP contribution in [-0.2, 0) is 9.53 Å². The van der Waals surface area contributed by atoms with Crippen LogP contribution in [0.4, 0.5) is 4.79 Å². The lowest BCUT2D eigenvalue weighted by molar-refractivity contribution is -0.122. The molecule has 116 valence electrons. The minimum atomic E-state index is -0.492. The van der Waals surface area contributed by atoms with Crippen molar-refractivity contribution in [3.8, 4) is 0 Å². The molecule has 1 rings (SSSR count). The molecule has 20 heavy (non-hydrogen) atoms. The standard InChI is InChI=1S/C14H25ClN2O3/c1-14(2,3)20-13(19)17-9-5-6-11(10-17)16-12(18)7-4-8-15/h11H,4-10H2,1-3H3,(H,16,18)/t11-/m1/s1. The zero-order valence-corrected chi connectivity index (χ0v) is 13.3. The third kappa shape index (κ3) is 6.46. The second-order valence-corrected chi connectivity index (χ2v) is 6.50. The molecule has 0 unspecified atom stereocenters. The Hall–Kier alpha value is -0.970. The second kappa shape index (κ2) is 7.72. The van der Waals surface area contributed by atoms with Crippen LogP contribution in [0.15, 0.2) is 0 Å². The van der Waals surface area contributed by atoms with Crippen LogP contribution in [0.1, 0.15) is 46.5 Å². The van der Waals surface area contributed by atoms with Gasteiger partial charge in [-0.2, -0.15) is 0 Å². The van der Waals surface area contributed by atoms with Gasteiger partial charge in [-0.1, -0.05) is 0 Å². The number of piperidine rings is 1. The molecule has 1 fully saturated rings. The van der Waals surface area contributed by atoms with E-state index in [1.165, 1.54) is 0 Å². The van der Waals surface area contributed by atoms with Crippen molar-refractivity contribution in [2.24, 2.45) is 0 Å². The summed E-state index contributed by atoms with van der Waals surface area (Å²) in [6.07, 6.45) is 2.57. The highest BCUT2D eigenvalue weighted by atomic mass is 35.5. The van der Waals surface area contributed by atoms with Gasteiger partial charge in [0.15, 0.2) is 0 Å². The predicted molar refractivity (Wildman–Crippen MR) is 78.9 cm³/mol. The summed E-state index contributed by atoms with van der Waals surface area (Å²) >= 11 is 5.57. The van der Waals surface area contributed by atoms with Crippen molar-refractivity contribution in [2.75, 3.05) is 19.0 Å². The van der Waals surface area contributed by atoms with E-state index in [1.807, 2.05) is 20.8 Å². The largest absolute Gasteiger partial charge is 0.444 e. The molecular weight excluding hydrogens is 280 g/mol. The zero-order valence-electron chi connectivity index (χ0n) is 12.6. The van der Waals surface area contributed by atoms with E-state index in [4.69, 9.17) is 16.3 Å². The van der Waals surface area contributed by atoms with E-state index >= 15 is 0 Å². The summed E-state index contributed by atoms with van der Waals surface area (Å²) in [5.74, 6) is 0.490. The lowest BCUT2D eigenvalue weighted by Crippen LogP contribution is -2.50. The molecule has 0 aromatic rings. The summed E-state index contributed by atoms with van der Waals surface area (Å²) < 4.78 is 5.35. The van der Waals surface area contributed by atoms with Gasteiger partial charge in [0.05, 0.1) is 0 Å². The first-order valence-corrected chi connectivity index (χ1v) is 7.68. The predicted octanol–water partition coefficient (Wildman–Crippen LogP) is 2.52. The fourth-order valence-corrected chi connectivity index (χ4v) is 2.25. The van der Waals surface area contributed by atoms with Crippen LogP contribution in [0.5, 0.6) is 0 Å². The number of hydrogen-bond acceptors (Lipinski definition) is 3. The molecule has 0 aromatic carbocycles. The average molecular weight is 305 g/mol. The van der Waals surface area contributed by atoms with E-state index in [-0.39, 0.29) is 18.0 Å². The van der Waals surface area contributed by atoms with Gasteiger partial charge in [0, 0.05) is 31.4 Å². The van der Waals surface area contributed by atoms with Gasteiger partial charge in [-0.15, -0.1) is 11.6 Å². The van der Waals surface area contributed by atoms with Crippen molar-refractivity contribution in [3.05, 3.63) is 0 Å². The van der Waals surface area contributed by atoms with Crippen molar-refractivity contribution in [1.82, 2.24) is 10.2 Å². The Labute approximate surface area is 126 Å². The molecule has 5 nitrogen and oxygen atoms in total. The fraction of sp³-hybridized carbons (Fsp3) is 0.857. The maximum Gasteiger partial charge on any atom is 0.410 e. The molecule has 1 atom stereocenters. The first kappa shape index (κ1) is 17.1. The van der Waals surface area contributed by atoms with Gasteiger partial charge in [-0.3, -0.25) is 4.79 Å². The van der Waals surface area contributed by atoms with Crippen LogP contribution in [0, 0.1) is 0 Å². The molecule has 1 N–H and O–H groups in total. The minimum absolute atomic E-state index is 0.00156. The summed E-state index contributed by atoms with van der Waals surface area (Å²) in [7, 11) is 0. The van der Waals surface area contributed by atoms with Crippen molar-refractivity contribution in [1.29, 1.82) is 0 Å². The molecular formula is C14H25ClN2O3. The average Bonchev–Trinajstić information content (AvgIpc) is 2.34. The Morgan fingerprint density at radius 3 is 2.70 bits per heavy atom. The number of ether oxygens (including phenoxy) is 1. The smallest absolute Gasteiger partial charge is 0.410 e. The normalized spacial score (nSPS) is 19.6. The third-order valence-corrected chi connectivity index (χ3v) is 3.24. The fourth-order valence-electron chi connectivity index (χ4n) is 2.11. The zero-order chi connectivity index (χ0) is 15.2. The Bertz CT molecular complexity index is 342. The van der Waals surface area contributed by atoms with Crippen LogP contribution in [0.2, 0.25) is 0 Å². The molecule has 1 heterocycles. The molecule has 0 saturated carbocycles. The molecule has 0 bridgehead atoms. The summed E-state index contributed by atoms with van der Waals surface area (Å²) in [6, 6.07) is 0.0130. The van der Waals surface area contributed by atoms with Crippen LogP contribution >= 0.6 is 11.6 Å². The second-order valence-electron chi connectivity index (χ2n) is 6.13. The summed E-state index contributed by atoms with van der Waals surface area (Å²) in [6.45, 7) is 6.74. The topological polar surface area (TPSA) is 58.6 Å². The van der Waals surface area contributed by atoms with Gasteiger partial charge in [0.2, 0.25) is 5.91 Å². The van der Waals surface area contributed by atoms with Gasteiger partial charge >= 0.3 is 6.09 Å². The number of hydrogen-bond donors (Lipinski definition) is 1. The summed E-state index contributed by atoms with van der Waals surface area (Å²) in [5, 5.41) is 2.95. The molecule has 1 aliphatic heterocycles. The van der Waals surface area contributed by atoms with Crippen molar-refractivity contribution in [3.63, 3.8) is 0 Å². The van der Waals surface area contributed by atoms with Crippen LogP contribution in [-0.4, -0.2) is 47.5 Å². The lowest BCUT2D eigenvalue weighted by atomic mass is 10.1. The molecule has 0 aliphatic carbocycles. The van der Waals surface area contributed by atoms with E-state index < -0.39 is 5.60 Å². The highest BCUT2D eigenvalue weighted by Crippen LogP contribution is 2.15. The van der Waals surface area contributed by atoms with Crippen LogP contribution in [0.3, 0.4) is 0 Å². The van der Waals surface area contributed by atoms with Gasteiger partial charge in [-0.05, 0) is 40.0 Å². The first-order valence-electron chi connectivity index (χ1n) is 7.15. The number of amides is 2. The van der Waals surface area contributed by atoms with E-state index in [0.29, 0.717) is 31.8 Å². The number of carbonyl (C=O) groups is 2. The van der Waals surface area contributed by atoms with E-state index in [2.05, 4.69) is 5.32 Å². The number of nitrogens with zero attached hydrogens (tertiary/aromatic N) is 1. The van der Waals surface area contributed by atoms with Gasteiger partial charge < -0.3 is 15.0 Å². The maximum absolute atomic E-state index is 12.0. The molecule has 0 spiro atoms. The Morgan fingerprint density at radius 2 is 2.10 bits per heavy atom. The molecule has 6 heteroatoms. The Kier molecular flexibility index (Phi) is 6.59. The van der Waals surface area contributed by atoms with Gasteiger partial charge in [-0.25, -0.2) is 4.79 Å².